The summed E-state index contributed by atoms with van der Waals surface area (Å²) in [5, 5.41) is -0.0439. The van der Waals surface area contributed by atoms with Crippen LogP contribution in [-0.2, 0) is 16.6 Å². The van der Waals surface area contributed by atoms with E-state index in [1.54, 1.807) is 36.1 Å². The predicted molar refractivity (Wildman–Crippen MR) is 75.7 cm³/mol. The van der Waals surface area contributed by atoms with E-state index in [1.165, 1.54) is 15.7 Å². The maximum absolute atomic E-state index is 12.4. The summed E-state index contributed by atoms with van der Waals surface area (Å²) >= 11 is 1.38. The van der Waals surface area contributed by atoms with Gasteiger partial charge in [0.05, 0.1) is 5.51 Å². The molecule has 3 heterocycles. The Bertz CT molecular complexity index is 839. The van der Waals surface area contributed by atoms with E-state index in [-0.39, 0.29) is 17.4 Å². The van der Waals surface area contributed by atoms with Crippen LogP contribution in [0.15, 0.2) is 41.1 Å². The number of nitrogens with zero attached hydrogens (tertiary/aromatic N) is 3. The number of aromatic nitrogens is 3. The van der Waals surface area contributed by atoms with Crippen molar-refractivity contribution >= 4 is 32.8 Å². The number of nitrogens with one attached hydrogen (secondary N) is 1. The lowest BCUT2D eigenvalue weighted by Crippen LogP contribution is -2.25. The quantitative estimate of drug-likeness (QED) is 0.744. The standard InChI is InChI=1S/C11H11N5O2S2/c12-10-11(16-4-2-1-3-9(16)15-10)20(17,18)14-6-8-5-13-7-19-8/h1-5,7,14H,6,12H2. The van der Waals surface area contributed by atoms with E-state index in [9.17, 15) is 8.42 Å². The number of rotatable bonds is 4. The molecule has 0 aliphatic rings. The molecule has 7 nitrogen and oxygen atoms in total. The van der Waals surface area contributed by atoms with Crippen molar-refractivity contribution in [3.8, 4) is 0 Å². The molecule has 104 valence electrons. The Morgan fingerprint density at radius 1 is 1.40 bits per heavy atom. The molecule has 0 aliphatic heterocycles. The largest absolute Gasteiger partial charge is 0.381 e. The van der Waals surface area contributed by atoms with Crippen LogP contribution >= 0.6 is 11.3 Å². The Morgan fingerprint density at radius 3 is 3.00 bits per heavy atom. The Labute approximate surface area is 119 Å². The molecule has 3 aromatic heterocycles. The van der Waals surface area contributed by atoms with Crippen LogP contribution < -0.4 is 10.5 Å². The van der Waals surface area contributed by atoms with Gasteiger partial charge < -0.3 is 5.73 Å². The van der Waals surface area contributed by atoms with Crippen molar-refractivity contribution in [1.29, 1.82) is 0 Å². The summed E-state index contributed by atoms with van der Waals surface area (Å²) in [4.78, 5) is 8.75. The summed E-state index contributed by atoms with van der Waals surface area (Å²) in [7, 11) is -3.75. The normalized spacial score (nSPS) is 12.0. The highest BCUT2D eigenvalue weighted by Crippen LogP contribution is 2.20. The minimum Gasteiger partial charge on any atom is -0.381 e. The zero-order valence-corrected chi connectivity index (χ0v) is 11.9. The van der Waals surface area contributed by atoms with Gasteiger partial charge in [-0.3, -0.25) is 9.38 Å². The number of hydrogen-bond acceptors (Lipinski definition) is 6. The Hall–Kier alpha value is -1.97. The van der Waals surface area contributed by atoms with Gasteiger partial charge in [0.15, 0.2) is 10.8 Å². The predicted octanol–water partition coefficient (Wildman–Crippen LogP) is 0.851. The average Bonchev–Trinajstić information content (AvgIpc) is 3.02. The molecular formula is C11H11N5O2S2. The average molecular weight is 309 g/mol. The maximum atomic E-state index is 12.4. The Morgan fingerprint density at radius 2 is 2.25 bits per heavy atom. The van der Waals surface area contributed by atoms with E-state index >= 15 is 0 Å². The topological polar surface area (TPSA) is 102 Å². The molecule has 3 rings (SSSR count). The second kappa shape index (κ2) is 4.85. The lowest BCUT2D eigenvalue weighted by Gasteiger charge is -2.05. The zero-order valence-electron chi connectivity index (χ0n) is 10.2. The molecule has 0 fully saturated rings. The van der Waals surface area contributed by atoms with Crippen molar-refractivity contribution in [1.82, 2.24) is 19.1 Å². The number of thiazole rings is 1. The SMILES string of the molecule is Nc1nc2ccccn2c1S(=O)(=O)NCc1cncs1. The van der Waals surface area contributed by atoms with Crippen LogP contribution in [0.25, 0.3) is 5.65 Å². The van der Waals surface area contributed by atoms with Crippen LogP contribution in [0, 0.1) is 0 Å². The van der Waals surface area contributed by atoms with Gasteiger partial charge in [0, 0.05) is 23.8 Å². The summed E-state index contributed by atoms with van der Waals surface area (Å²) in [6.45, 7) is 0.173. The first-order valence-electron chi connectivity index (χ1n) is 5.67. The van der Waals surface area contributed by atoms with Gasteiger partial charge in [-0.2, -0.15) is 0 Å². The van der Waals surface area contributed by atoms with Crippen LogP contribution in [0.1, 0.15) is 4.88 Å². The summed E-state index contributed by atoms with van der Waals surface area (Å²) in [5.74, 6) is -0.0204. The Kier molecular flexibility index (Phi) is 3.16. The first-order chi connectivity index (χ1) is 9.58. The summed E-state index contributed by atoms with van der Waals surface area (Å²) in [6, 6.07) is 5.18. The van der Waals surface area contributed by atoms with Crippen LogP contribution in [0.3, 0.4) is 0 Å². The lowest BCUT2D eigenvalue weighted by atomic mass is 10.5. The van der Waals surface area contributed by atoms with Gasteiger partial charge in [-0.25, -0.2) is 18.1 Å². The van der Waals surface area contributed by atoms with E-state index in [0.29, 0.717) is 5.65 Å². The van der Waals surface area contributed by atoms with Crippen LogP contribution in [-0.4, -0.2) is 22.8 Å². The molecule has 0 aromatic carbocycles. The molecule has 0 aliphatic carbocycles. The highest BCUT2D eigenvalue weighted by molar-refractivity contribution is 7.89. The number of sulfonamides is 1. The third-order valence-corrected chi connectivity index (χ3v) is 4.90. The number of hydrogen-bond donors (Lipinski definition) is 2. The fraction of sp³-hybridized carbons (Fsp3) is 0.0909. The van der Waals surface area contributed by atoms with E-state index in [2.05, 4.69) is 14.7 Å². The molecule has 0 bridgehead atoms. The molecular weight excluding hydrogens is 298 g/mol. The van der Waals surface area contributed by atoms with Crippen molar-refractivity contribution < 1.29 is 8.42 Å². The Balaban J connectivity index is 1.98. The van der Waals surface area contributed by atoms with Gasteiger partial charge >= 0.3 is 0 Å². The molecule has 0 saturated heterocycles. The highest BCUT2D eigenvalue weighted by atomic mass is 32.2. The second-order valence-electron chi connectivity index (χ2n) is 4.02. The second-order valence-corrected chi connectivity index (χ2v) is 6.68. The molecule has 0 amide bonds. The first-order valence-corrected chi connectivity index (χ1v) is 8.04. The van der Waals surface area contributed by atoms with Gasteiger partial charge in [-0.05, 0) is 12.1 Å². The summed E-state index contributed by atoms with van der Waals surface area (Å²) in [6.07, 6.45) is 3.23. The van der Waals surface area contributed by atoms with Crippen LogP contribution in [0.4, 0.5) is 5.82 Å². The van der Waals surface area contributed by atoms with Gasteiger partial charge in [-0.15, -0.1) is 11.3 Å². The van der Waals surface area contributed by atoms with E-state index < -0.39 is 10.0 Å². The maximum Gasteiger partial charge on any atom is 0.260 e. The van der Waals surface area contributed by atoms with Crippen molar-refractivity contribution in [3.05, 3.63) is 41.0 Å². The monoisotopic (exact) mass is 309 g/mol. The smallest absolute Gasteiger partial charge is 0.260 e. The van der Waals surface area contributed by atoms with Crippen molar-refractivity contribution in [2.75, 3.05) is 5.73 Å². The van der Waals surface area contributed by atoms with E-state index in [1.807, 2.05) is 0 Å². The van der Waals surface area contributed by atoms with Crippen molar-refractivity contribution in [3.63, 3.8) is 0 Å². The molecule has 3 aromatic rings. The molecule has 0 spiro atoms. The van der Waals surface area contributed by atoms with Gasteiger partial charge in [0.25, 0.3) is 10.0 Å². The fourth-order valence-corrected chi connectivity index (χ4v) is 3.66. The minimum atomic E-state index is -3.75. The van der Waals surface area contributed by atoms with E-state index in [4.69, 9.17) is 5.73 Å². The number of nitrogens with two attached hydrogens (primary N) is 1. The minimum absolute atomic E-state index is 0.0204. The molecule has 3 N–H and O–H groups in total. The van der Waals surface area contributed by atoms with Gasteiger partial charge in [0.1, 0.15) is 5.65 Å². The number of imidazole rings is 1. The third-order valence-electron chi connectivity index (χ3n) is 2.69. The van der Waals surface area contributed by atoms with Gasteiger partial charge in [0.2, 0.25) is 0 Å². The zero-order chi connectivity index (χ0) is 14.2. The third kappa shape index (κ3) is 2.26. The van der Waals surface area contributed by atoms with E-state index in [0.717, 1.165) is 4.88 Å². The molecule has 0 saturated carbocycles. The first kappa shape index (κ1) is 13.0. The molecule has 0 radical (unpaired) electrons. The van der Waals surface area contributed by atoms with Crippen LogP contribution in [0.5, 0.6) is 0 Å². The lowest BCUT2D eigenvalue weighted by molar-refractivity contribution is 0.577. The highest BCUT2D eigenvalue weighted by Gasteiger charge is 2.23. The fourth-order valence-electron chi connectivity index (χ4n) is 1.82. The summed E-state index contributed by atoms with van der Waals surface area (Å²) in [5.41, 5.74) is 7.86. The van der Waals surface area contributed by atoms with Crippen molar-refractivity contribution in [2.45, 2.75) is 11.6 Å². The number of anilines is 1. The number of fused-ring (bicyclic) bond motifs is 1. The molecule has 0 atom stereocenters. The molecule has 20 heavy (non-hydrogen) atoms. The van der Waals surface area contributed by atoms with Crippen LogP contribution in [0.2, 0.25) is 0 Å². The molecule has 9 heteroatoms. The number of nitrogen functional groups attached to an aromatic ring is 1. The summed E-state index contributed by atoms with van der Waals surface area (Å²) < 4.78 is 28.7. The van der Waals surface area contributed by atoms with Gasteiger partial charge in [-0.1, -0.05) is 6.07 Å². The van der Waals surface area contributed by atoms with Crippen molar-refractivity contribution in [2.24, 2.45) is 0 Å². The molecule has 0 unspecified atom stereocenters. The number of pyridine rings is 1.